The predicted molar refractivity (Wildman–Crippen MR) is 102 cm³/mol. The Labute approximate surface area is 169 Å². The fourth-order valence-corrected chi connectivity index (χ4v) is 3.08. The minimum atomic E-state index is -4.50. The summed E-state index contributed by atoms with van der Waals surface area (Å²) in [5, 5.41) is 4.25. The predicted octanol–water partition coefficient (Wildman–Crippen LogP) is 2.90. The lowest BCUT2D eigenvalue weighted by molar-refractivity contribution is -0.137. The van der Waals surface area contributed by atoms with Gasteiger partial charge in [0.25, 0.3) is 5.91 Å². The molecular formula is C20H15F3N6O. The summed E-state index contributed by atoms with van der Waals surface area (Å²) in [6.07, 6.45) is -0.774. The summed E-state index contributed by atoms with van der Waals surface area (Å²) in [6, 6.07) is 5.19. The number of carbonyl (C=O) groups is 1. The number of nitrogen functional groups attached to an aromatic ring is 1. The van der Waals surface area contributed by atoms with E-state index in [1.807, 2.05) is 6.92 Å². The van der Waals surface area contributed by atoms with Gasteiger partial charge in [-0.15, -0.1) is 0 Å². The average molecular weight is 412 g/mol. The zero-order valence-corrected chi connectivity index (χ0v) is 15.7. The summed E-state index contributed by atoms with van der Waals surface area (Å²) in [7, 11) is 0. The third-order valence-electron chi connectivity index (χ3n) is 4.59. The lowest BCUT2D eigenvalue weighted by Crippen LogP contribution is -2.43. The van der Waals surface area contributed by atoms with Crippen molar-refractivity contribution in [1.29, 1.82) is 0 Å². The molecule has 1 aliphatic heterocycles. The number of pyridine rings is 2. The van der Waals surface area contributed by atoms with Crippen LogP contribution >= 0.6 is 0 Å². The second-order valence-corrected chi connectivity index (χ2v) is 6.74. The highest BCUT2D eigenvalue weighted by atomic mass is 19.4. The molecule has 0 unspecified atom stereocenters. The normalized spacial score (nSPS) is 16.1. The third kappa shape index (κ3) is 3.57. The van der Waals surface area contributed by atoms with Crippen LogP contribution in [0.3, 0.4) is 0 Å². The fraction of sp³-hybridized carbons (Fsp3) is 0.200. The Bertz CT molecular complexity index is 1160. The van der Waals surface area contributed by atoms with Gasteiger partial charge in [0.1, 0.15) is 17.3 Å². The van der Waals surface area contributed by atoms with Crippen LogP contribution in [0.25, 0.3) is 0 Å². The van der Waals surface area contributed by atoms with E-state index in [1.165, 1.54) is 23.4 Å². The van der Waals surface area contributed by atoms with Crippen LogP contribution in [0.15, 0.2) is 42.9 Å². The van der Waals surface area contributed by atoms with E-state index in [1.54, 1.807) is 16.8 Å². The summed E-state index contributed by atoms with van der Waals surface area (Å²) in [5.74, 6) is 5.88. The fourth-order valence-electron chi connectivity index (χ4n) is 3.08. The summed E-state index contributed by atoms with van der Waals surface area (Å²) >= 11 is 0. The number of anilines is 2. The molecule has 0 bridgehead atoms. The maximum absolute atomic E-state index is 13.1. The smallest absolute Gasteiger partial charge is 0.384 e. The van der Waals surface area contributed by atoms with Crippen molar-refractivity contribution in [2.24, 2.45) is 0 Å². The summed E-state index contributed by atoms with van der Waals surface area (Å²) in [4.78, 5) is 22.2. The molecule has 4 heterocycles. The number of rotatable bonds is 1. The van der Waals surface area contributed by atoms with Crippen molar-refractivity contribution in [3.63, 3.8) is 0 Å². The van der Waals surface area contributed by atoms with Gasteiger partial charge in [-0.2, -0.15) is 18.3 Å². The number of fused-ring (bicyclic) bond motifs is 1. The standard InChI is InChI=1S/C20H15F3N6O/c1-12-11-28(17-7-5-15(10-26-17)20(21,22)23)19(30)18-14(9-27-29(12)18)4-2-13-3-6-16(24)25-8-13/h3,5-10,12H,11H2,1H3,(H2,24,25)/t12-/m0/s1. The first kappa shape index (κ1) is 19.4. The van der Waals surface area contributed by atoms with Crippen LogP contribution in [0.4, 0.5) is 24.8 Å². The number of amides is 1. The highest BCUT2D eigenvalue weighted by molar-refractivity contribution is 6.06. The van der Waals surface area contributed by atoms with Crippen LogP contribution in [0.1, 0.15) is 40.1 Å². The van der Waals surface area contributed by atoms with Gasteiger partial charge in [0.2, 0.25) is 0 Å². The van der Waals surface area contributed by atoms with E-state index in [0.29, 0.717) is 23.1 Å². The van der Waals surface area contributed by atoms with Gasteiger partial charge >= 0.3 is 6.18 Å². The third-order valence-corrected chi connectivity index (χ3v) is 4.59. The topological polar surface area (TPSA) is 89.9 Å². The first-order chi connectivity index (χ1) is 14.2. The zero-order valence-electron chi connectivity index (χ0n) is 15.7. The molecule has 4 rings (SSSR count). The molecular weight excluding hydrogens is 397 g/mol. The van der Waals surface area contributed by atoms with E-state index < -0.39 is 17.6 Å². The Balaban J connectivity index is 1.67. The Morgan fingerprint density at radius 3 is 2.53 bits per heavy atom. The van der Waals surface area contributed by atoms with E-state index in [4.69, 9.17) is 5.73 Å². The number of nitrogens with two attached hydrogens (primary N) is 1. The van der Waals surface area contributed by atoms with Gasteiger partial charge in [-0.3, -0.25) is 14.4 Å². The molecule has 0 aromatic carbocycles. The summed E-state index contributed by atoms with van der Waals surface area (Å²) in [6.45, 7) is 2.07. The average Bonchev–Trinajstić information content (AvgIpc) is 3.15. The largest absolute Gasteiger partial charge is 0.417 e. The van der Waals surface area contributed by atoms with Crippen LogP contribution in [-0.2, 0) is 6.18 Å². The Hall–Kier alpha value is -3.87. The van der Waals surface area contributed by atoms with Crippen LogP contribution in [0.2, 0.25) is 0 Å². The van der Waals surface area contributed by atoms with Gasteiger partial charge in [-0.25, -0.2) is 9.97 Å². The molecule has 0 aliphatic carbocycles. The van der Waals surface area contributed by atoms with E-state index in [2.05, 4.69) is 26.9 Å². The van der Waals surface area contributed by atoms with Gasteiger partial charge in [-0.1, -0.05) is 11.8 Å². The Morgan fingerprint density at radius 2 is 1.90 bits per heavy atom. The van der Waals surface area contributed by atoms with Crippen molar-refractivity contribution in [3.05, 3.63) is 65.2 Å². The number of nitrogens with zero attached hydrogens (tertiary/aromatic N) is 5. The molecule has 10 heteroatoms. The van der Waals surface area contributed by atoms with Crippen LogP contribution in [0.5, 0.6) is 0 Å². The van der Waals surface area contributed by atoms with E-state index in [-0.39, 0.29) is 24.1 Å². The maximum Gasteiger partial charge on any atom is 0.417 e. The lowest BCUT2D eigenvalue weighted by Gasteiger charge is -2.31. The Kier molecular flexibility index (Phi) is 4.66. The van der Waals surface area contributed by atoms with Gasteiger partial charge in [0, 0.05) is 24.5 Å². The molecule has 30 heavy (non-hydrogen) atoms. The van der Waals surface area contributed by atoms with E-state index in [9.17, 15) is 18.0 Å². The van der Waals surface area contributed by atoms with Crippen molar-refractivity contribution in [1.82, 2.24) is 19.7 Å². The molecule has 7 nitrogen and oxygen atoms in total. The first-order valence-corrected chi connectivity index (χ1v) is 8.90. The highest BCUT2D eigenvalue weighted by Gasteiger charge is 2.35. The SMILES string of the molecule is C[C@H]1CN(c2ccc(C(F)(F)F)cn2)C(=O)c2c(C#Cc3ccc(N)nc3)cnn21. The van der Waals surface area contributed by atoms with Crippen LogP contribution in [-0.4, -0.2) is 32.2 Å². The molecule has 1 aliphatic rings. The molecule has 152 valence electrons. The molecule has 0 saturated carbocycles. The van der Waals surface area contributed by atoms with Gasteiger partial charge < -0.3 is 5.73 Å². The number of halogens is 3. The number of aromatic nitrogens is 4. The summed E-state index contributed by atoms with van der Waals surface area (Å²) in [5.41, 5.74) is 5.95. The lowest BCUT2D eigenvalue weighted by atomic mass is 10.1. The molecule has 3 aromatic heterocycles. The van der Waals surface area contributed by atoms with E-state index in [0.717, 1.165) is 6.07 Å². The minimum absolute atomic E-state index is 0.133. The van der Waals surface area contributed by atoms with Crippen LogP contribution in [0, 0.1) is 11.8 Å². The number of alkyl halides is 3. The molecule has 3 aromatic rings. The minimum Gasteiger partial charge on any atom is -0.384 e. The second-order valence-electron chi connectivity index (χ2n) is 6.74. The maximum atomic E-state index is 13.1. The molecule has 2 N–H and O–H groups in total. The Morgan fingerprint density at radius 1 is 1.10 bits per heavy atom. The number of carbonyl (C=O) groups excluding carboxylic acids is 1. The van der Waals surface area contributed by atoms with E-state index >= 15 is 0 Å². The summed E-state index contributed by atoms with van der Waals surface area (Å²) < 4.78 is 40.0. The molecule has 0 radical (unpaired) electrons. The van der Waals surface area contributed by atoms with Gasteiger partial charge in [-0.05, 0) is 31.2 Å². The van der Waals surface area contributed by atoms with Crippen molar-refractivity contribution < 1.29 is 18.0 Å². The molecule has 1 amide bonds. The number of hydrogen-bond donors (Lipinski definition) is 1. The van der Waals surface area contributed by atoms with Crippen molar-refractivity contribution in [2.45, 2.75) is 19.1 Å². The number of hydrogen-bond acceptors (Lipinski definition) is 5. The quantitative estimate of drug-likeness (QED) is 0.621. The van der Waals surface area contributed by atoms with Crippen LogP contribution < -0.4 is 10.6 Å². The second kappa shape index (κ2) is 7.18. The molecule has 1 atom stereocenters. The monoisotopic (exact) mass is 412 g/mol. The molecule has 0 fully saturated rings. The zero-order chi connectivity index (χ0) is 21.5. The van der Waals surface area contributed by atoms with Crippen molar-refractivity contribution in [2.75, 3.05) is 17.2 Å². The van der Waals surface area contributed by atoms with Gasteiger partial charge in [0.05, 0.1) is 23.4 Å². The highest BCUT2D eigenvalue weighted by Crippen LogP contribution is 2.31. The molecule has 0 spiro atoms. The van der Waals surface area contributed by atoms with Gasteiger partial charge in [0.15, 0.2) is 0 Å². The van der Waals surface area contributed by atoms with Crippen molar-refractivity contribution in [3.8, 4) is 11.8 Å². The molecule has 0 saturated heterocycles. The first-order valence-electron chi connectivity index (χ1n) is 8.90. The van der Waals surface area contributed by atoms with Crippen molar-refractivity contribution >= 4 is 17.5 Å².